The average molecular weight is 479 g/mol. The molecule has 5 rings (SSSR count). The van der Waals surface area contributed by atoms with E-state index in [0.717, 1.165) is 41.8 Å². The monoisotopic (exact) mass is 478 g/mol. The van der Waals surface area contributed by atoms with Gasteiger partial charge in [0.25, 0.3) is 0 Å². The molecule has 3 heterocycles. The fraction of sp³-hybridized carbons (Fsp3) is 0.290. The Morgan fingerprint density at radius 3 is 2.33 bits per heavy atom. The molecule has 36 heavy (non-hydrogen) atoms. The number of hydrogen-bond donors (Lipinski definition) is 0. The van der Waals surface area contributed by atoms with Crippen LogP contribution >= 0.6 is 0 Å². The van der Waals surface area contributed by atoms with Crippen molar-refractivity contribution in [3.8, 4) is 22.9 Å². The van der Waals surface area contributed by atoms with Gasteiger partial charge in [-0.25, -0.2) is 0 Å². The molecule has 2 aromatic heterocycles. The maximum atomic E-state index is 6.45. The van der Waals surface area contributed by atoms with E-state index in [2.05, 4.69) is 89.9 Å². The summed E-state index contributed by atoms with van der Waals surface area (Å²) in [5.41, 5.74) is 6.51. The van der Waals surface area contributed by atoms with Crippen molar-refractivity contribution in [3.05, 3.63) is 90.8 Å². The lowest BCUT2D eigenvalue weighted by atomic mass is 9.86. The van der Waals surface area contributed by atoms with E-state index in [9.17, 15) is 0 Å². The van der Waals surface area contributed by atoms with Gasteiger partial charge >= 0.3 is 0 Å². The Balaban J connectivity index is 1.51. The van der Waals surface area contributed by atoms with Gasteiger partial charge in [-0.05, 0) is 59.9 Å². The molecule has 0 saturated heterocycles. The van der Waals surface area contributed by atoms with Crippen molar-refractivity contribution < 1.29 is 4.74 Å². The molecule has 0 atom stereocenters. The van der Waals surface area contributed by atoms with Crippen LogP contribution in [-0.2, 0) is 5.41 Å². The lowest BCUT2D eigenvalue weighted by molar-refractivity contribution is 0.478. The summed E-state index contributed by atoms with van der Waals surface area (Å²) in [6, 6.07) is 25.0. The number of hydrogen-bond acceptors (Lipinski definition) is 5. The van der Waals surface area contributed by atoms with E-state index in [1.165, 1.54) is 29.8 Å². The molecule has 5 heteroatoms. The molecule has 0 aliphatic carbocycles. The Kier molecular flexibility index (Phi) is 6.64. The number of unbranched alkanes of at least 4 members (excludes halogenated alkanes) is 1. The minimum absolute atomic E-state index is 0.0212. The quantitative estimate of drug-likeness (QED) is 0.270. The molecule has 1 aliphatic rings. The molecule has 4 aromatic rings. The Morgan fingerprint density at radius 2 is 1.58 bits per heavy atom. The first-order valence-corrected chi connectivity index (χ1v) is 12.7. The smallest absolute Gasteiger partial charge is 0.131 e. The summed E-state index contributed by atoms with van der Waals surface area (Å²) >= 11 is 0. The van der Waals surface area contributed by atoms with E-state index >= 15 is 0 Å². The van der Waals surface area contributed by atoms with Crippen LogP contribution in [0.5, 0.6) is 11.5 Å². The van der Waals surface area contributed by atoms with Gasteiger partial charge in [0.1, 0.15) is 11.5 Å². The van der Waals surface area contributed by atoms with Gasteiger partial charge in [-0.3, -0.25) is 9.97 Å². The fourth-order valence-corrected chi connectivity index (χ4v) is 4.54. The number of fused-ring (bicyclic) bond motifs is 1. The van der Waals surface area contributed by atoms with Crippen molar-refractivity contribution in [3.63, 3.8) is 0 Å². The molecular formula is C31H34N4O. The molecule has 184 valence electrons. The molecule has 0 bridgehead atoms. The summed E-state index contributed by atoms with van der Waals surface area (Å²) < 4.78 is 6.45. The number of rotatable bonds is 7. The van der Waals surface area contributed by atoms with E-state index < -0.39 is 0 Å². The van der Waals surface area contributed by atoms with E-state index in [0.29, 0.717) is 0 Å². The number of nitrogens with zero attached hydrogens (tertiary/aromatic N) is 4. The molecule has 1 aliphatic heterocycles. The van der Waals surface area contributed by atoms with Gasteiger partial charge < -0.3 is 14.5 Å². The highest BCUT2D eigenvalue weighted by Crippen LogP contribution is 2.43. The minimum atomic E-state index is -0.0212. The summed E-state index contributed by atoms with van der Waals surface area (Å²) in [7, 11) is 0. The standard InChI is InChI=1S/C31H34N4O/c1-5-6-17-34-22-35(30-13-8-7-12-29(30)34)24-18-23(31(2,3)4)19-26(20-24)36-25-14-16-33-28(21-25)27-11-9-10-15-32-27/h7-16,18-21H,5-6,17,22H2,1-4H3. The number of pyridine rings is 2. The van der Waals surface area contributed by atoms with Crippen molar-refractivity contribution in [2.45, 2.75) is 46.0 Å². The third-order valence-electron chi connectivity index (χ3n) is 6.57. The summed E-state index contributed by atoms with van der Waals surface area (Å²) in [5.74, 6) is 1.56. The molecular weight excluding hydrogens is 444 g/mol. The number of anilines is 3. The largest absolute Gasteiger partial charge is 0.457 e. The summed E-state index contributed by atoms with van der Waals surface area (Å²) in [5, 5.41) is 0. The van der Waals surface area contributed by atoms with E-state index in [1.807, 2.05) is 30.3 Å². The normalized spacial score (nSPS) is 13.1. The Hall–Kier alpha value is -3.86. The highest BCUT2D eigenvalue weighted by Gasteiger charge is 2.27. The second kappa shape index (κ2) is 10.0. The van der Waals surface area contributed by atoms with Crippen molar-refractivity contribution in [2.24, 2.45) is 0 Å². The number of ether oxygens (including phenoxy) is 1. The van der Waals surface area contributed by atoms with Crippen molar-refractivity contribution >= 4 is 17.1 Å². The first-order chi connectivity index (χ1) is 17.4. The minimum Gasteiger partial charge on any atom is -0.457 e. The van der Waals surface area contributed by atoms with E-state index in [-0.39, 0.29) is 5.41 Å². The maximum Gasteiger partial charge on any atom is 0.131 e. The zero-order chi connectivity index (χ0) is 25.1. The van der Waals surface area contributed by atoms with Gasteiger partial charge in [0.05, 0.1) is 29.4 Å². The second-order valence-corrected chi connectivity index (χ2v) is 10.3. The first kappa shape index (κ1) is 23.9. The Labute approximate surface area is 214 Å². The predicted molar refractivity (Wildman–Crippen MR) is 148 cm³/mol. The number of aromatic nitrogens is 2. The third kappa shape index (κ3) is 5.06. The zero-order valence-corrected chi connectivity index (χ0v) is 21.6. The second-order valence-electron chi connectivity index (χ2n) is 10.3. The molecule has 5 nitrogen and oxygen atoms in total. The molecule has 0 unspecified atom stereocenters. The Morgan fingerprint density at radius 1 is 0.806 bits per heavy atom. The summed E-state index contributed by atoms with van der Waals surface area (Å²) in [4.78, 5) is 13.8. The molecule has 0 saturated carbocycles. The molecule has 0 radical (unpaired) electrons. The van der Waals surface area contributed by atoms with Crippen LogP contribution in [0.4, 0.5) is 17.1 Å². The van der Waals surface area contributed by atoms with Gasteiger partial charge in [-0.1, -0.05) is 52.3 Å². The molecule has 0 amide bonds. The highest BCUT2D eigenvalue weighted by molar-refractivity contribution is 5.83. The van der Waals surface area contributed by atoms with E-state index in [1.54, 1.807) is 12.4 Å². The van der Waals surface area contributed by atoms with Crippen LogP contribution in [0.2, 0.25) is 0 Å². The lowest BCUT2D eigenvalue weighted by Crippen LogP contribution is -2.29. The fourth-order valence-electron chi connectivity index (χ4n) is 4.54. The van der Waals surface area contributed by atoms with Crippen molar-refractivity contribution in [2.75, 3.05) is 23.0 Å². The summed E-state index contributed by atoms with van der Waals surface area (Å²) in [6.07, 6.45) is 5.92. The molecule has 2 aromatic carbocycles. The molecule has 0 fully saturated rings. The average Bonchev–Trinajstić information content (AvgIpc) is 3.26. The third-order valence-corrected chi connectivity index (χ3v) is 6.57. The van der Waals surface area contributed by atoms with Crippen LogP contribution in [0.25, 0.3) is 11.4 Å². The van der Waals surface area contributed by atoms with Crippen LogP contribution in [0.15, 0.2) is 85.2 Å². The van der Waals surface area contributed by atoms with Crippen LogP contribution in [-0.4, -0.2) is 23.2 Å². The van der Waals surface area contributed by atoms with Crippen LogP contribution in [0.3, 0.4) is 0 Å². The van der Waals surface area contributed by atoms with Crippen molar-refractivity contribution in [1.82, 2.24) is 9.97 Å². The Bertz CT molecular complexity index is 1330. The predicted octanol–water partition coefficient (Wildman–Crippen LogP) is 7.95. The molecule has 0 N–H and O–H groups in total. The number of para-hydroxylation sites is 2. The lowest BCUT2D eigenvalue weighted by Gasteiger charge is -2.26. The first-order valence-electron chi connectivity index (χ1n) is 12.7. The maximum absolute atomic E-state index is 6.45. The van der Waals surface area contributed by atoms with Gasteiger partial charge in [-0.15, -0.1) is 0 Å². The van der Waals surface area contributed by atoms with Gasteiger partial charge in [-0.2, -0.15) is 0 Å². The van der Waals surface area contributed by atoms with E-state index in [4.69, 9.17) is 4.74 Å². The zero-order valence-electron chi connectivity index (χ0n) is 21.6. The number of benzene rings is 2. The topological polar surface area (TPSA) is 41.5 Å². The SMILES string of the molecule is CCCCN1CN(c2cc(Oc3ccnc(-c4ccccn4)c3)cc(C(C)(C)C)c2)c2ccccc21. The van der Waals surface area contributed by atoms with Crippen LogP contribution in [0.1, 0.15) is 46.1 Å². The van der Waals surface area contributed by atoms with Crippen molar-refractivity contribution in [1.29, 1.82) is 0 Å². The molecule has 0 spiro atoms. The van der Waals surface area contributed by atoms with Crippen LogP contribution in [0, 0.1) is 0 Å². The van der Waals surface area contributed by atoms with Crippen LogP contribution < -0.4 is 14.5 Å². The highest BCUT2D eigenvalue weighted by atomic mass is 16.5. The van der Waals surface area contributed by atoms with Gasteiger partial charge in [0.2, 0.25) is 0 Å². The van der Waals surface area contributed by atoms with Gasteiger partial charge in [0, 0.05) is 36.8 Å². The van der Waals surface area contributed by atoms with Gasteiger partial charge in [0.15, 0.2) is 0 Å². The summed E-state index contributed by atoms with van der Waals surface area (Å²) in [6.45, 7) is 10.9.